The van der Waals surface area contributed by atoms with Crippen molar-refractivity contribution in [3.05, 3.63) is 41.6 Å². The maximum Gasteiger partial charge on any atom is 0.421 e. The van der Waals surface area contributed by atoms with Crippen LogP contribution < -0.4 is 9.64 Å². The summed E-state index contributed by atoms with van der Waals surface area (Å²) < 4.78 is 46.4. The minimum atomic E-state index is -4.55. The van der Waals surface area contributed by atoms with Gasteiger partial charge in [0.15, 0.2) is 5.82 Å². The third kappa shape index (κ3) is 5.64. The quantitative estimate of drug-likeness (QED) is 0.414. The summed E-state index contributed by atoms with van der Waals surface area (Å²) in [6.45, 7) is 2.51. The van der Waals surface area contributed by atoms with E-state index in [9.17, 15) is 13.2 Å². The highest BCUT2D eigenvalue weighted by Crippen LogP contribution is 2.39. The van der Waals surface area contributed by atoms with Gasteiger partial charge in [0.25, 0.3) is 0 Å². The van der Waals surface area contributed by atoms with Crippen molar-refractivity contribution in [3.8, 4) is 6.01 Å². The average molecular weight is 422 g/mol. The first-order chi connectivity index (χ1) is 14.4. The van der Waals surface area contributed by atoms with Crippen LogP contribution in [0.25, 0.3) is 0 Å². The molecular formula is C23H30F3N3O. The fraction of sp³-hybridized carbons (Fsp3) is 0.565. The van der Waals surface area contributed by atoms with Crippen LogP contribution in [0.2, 0.25) is 0 Å². The highest BCUT2D eigenvalue weighted by Gasteiger charge is 2.37. The number of anilines is 2. The van der Waals surface area contributed by atoms with Gasteiger partial charge in [-0.15, -0.1) is 0 Å². The predicted octanol–water partition coefficient (Wildman–Crippen LogP) is 6.88. The Labute approximate surface area is 176 Å². The summed E-state index contributed by atoms with van der Waals surface area (Å²) in [5.74, 6) is 0.289. The molecule has 1 aromatic heterocycles. The zero-order chi connectivity index (χ0) is 21.6. The van der Waals surface area contributed by atoms with Crippen LogP contribution in [0.1, 0.15) is 75.3 Å². The summed E-state index contributed by atoms with van der Waals surface area (Å²) in [5, 5.41) is 0. The maximum atomic E-state index is 13.6. The van der Waals surface area contributed by atoms with Gasteiger partial charge in [0.05, 0.1) is 6.61 Å². The highest BCUT2D eigenvalue weighted by atomic mass is 19.4. The molecule has 1 aromatic carbocycles. The minimum Gasteiger partial charge on any atom is -0.463 e. The van der Waals surface area contributed by atoms with E-state index in [1.54, 1.807) is 7.05 Å². The second-order valence-corrected chi connectivity index (χ2v) is 7.93. The summed E-state index contributed by atoms with van der Waals surface area (Å²) in [7, 11) is 1.61. The number of aromatic nitrogens is 2. The fourth-order valence-electron chi connectivity index (χ4n) is 3.94. The molecule has 0 amide bonds. The van der Waals surface area contributed by atoms with Crippen molar-refractivity contribution >= 4 is 11.5 Å². The molecule has 0 radical (unpaired) electrons. The first-order valence-electron chi connectivity index (χ1n) is 10.8. The summed E-state index contributed by atoms with van der Waals surface area (Å²) in [6.07, 6.45) is 4.98. The highest BCUT2D eigenvalue weighted by molar-refractivity contribution is 5.63. The first-order valence-corrected chi connectivity index (χ1v) is 10.8. The first kappa shape index (κ1) is 22.4. The zero-order valence-electron chi connectivity index (χ0n) is 17.7. The van der Waals surface area contributed by atoms with E-state index in [1.807, 2.05) is 18.2 Å². The lowest BCUT2D eigenvalue weighted by atomic mass is 9.97. The van der Waals surface area contributed by atoms with Crippen molar-refractivity contribution in [2.24, 2.45) is 0 Å². The van der Waals surface area contributed by atoms with E-state index in [-0.39, 0.29) is 11.8 Å². The van der Waals surface area contributed by atoms with Gasteiger partial charge in [-0.2, -0.15) is 18.2 Å². The fourth-order valence-corrected chi connectivity index (χ4v) is 3.94. The van der Waals surface area contributed by atoms with Crippen LogP contribution in [0.4, 0.5) is 24.7 Å². The molecule has 164 valence electrons. The Kier molecular flexibility index (Phi) is 7.56. The Morgan fingerprint density at radius 1 is 1.13 bits per heavy atom. The lowest BCUT2D eigenvalue weighted by Crippen LogP contribution is -2.19. The normalized spacial score (nSPS) is 14.8. The molecule has 3 rings (SSSR count). The molecule has 4 nitrogen and oxygen atoms in total. The molecule has 1 heterocycles. The Morgan fingerprint density at radius 2 is 1.90 bits per heavy atom. The summed E-state index contributed by atoms with van der Waals surface area (Å²) in [6, 6.07) is 7.73. The van der Waals surface area contributed by atoms with Crippen LogP contribution in [0, 0.1) is 0 Å². The van der Waals surface area contributed by atoms with Crippen LogP contribution in [-0.4, -0.2) is 23.6 Å². The number of ether oxygens (including phenoxy) is 1. The predicted molar refractivity (Wildman–Crippen MR) is 112 cm³/mol. The van der Waals surface area contributed by atoms with Crippen LogP contribution >= 0.6 is 0 Å². The number of hydrogen-bond donors (Lipinski definition) is 0. The Balaban J connectivity index is 1.84. The van der Waals surface area contributed by atoms with Crippen molar-refractivity contribution in [1.29, 1.82) is 0 Å². The van der Waals surface area contributed by atoms with Crippen LogP contribution in [0.15, 0.2) is 30.5 Å². The minimum absolute atomic E-state index is 0.0201. The van der Waals surface area contributed by atoms with Crippen LogP contribution in [0.5, 0.6) is 6.01 Å². The second kappa shape index (κ2) is 10.1. The molecular weight excluding hydrogens is 391 g/mol. The van der Waals surface area contributed by atoms with E-state index < -0.39 is 11.7 Å². The number of halogens is 3. The summed E-state index contributed by atoms with van der Waals surface area (Å²) in [5.41, 5.74) is 0.985. The van der Waals surface area contributed by atoms with Crippen molar-refractivity contribution in [2.45, 2.75) is 70.4 Å². The lowest BCUT2D eigenvalue weighted by molar-refractivity contribution is -0.137. The van der Waals surface area contributed by atoms with Gasteiger partial charge in [-0.25, -0.2) is 4.98 Å². The number of benzene rings is 1. The van der Waals surface area contributed by atoms with Gasteiger partial charge in [0, 0.05) is 18.9 Å². The molecule has 0 bridgehead atoms. The number of alkyl halides is 3. The molecule has 0 spiro atoms. The third-order valence-corrected chi connectivity index (χ3v) is 5.68. The van der Waals surface area contributed by atoms with E-state index in [1.165, 1.54) is 23.3 Å². The van der Waals surface area contributed by atoms with Gasteiger partial charge in [-0.1, -0.05) is 51.2 Å². The van der Waals surface area contributed by atoms with Gasteiger partial charge in [-0.3, -0.25) is 0 Å². The second-order valence-electron chi connectivity index (χ2n) is 7.93. The van der Waals surface area contributed by atoms with Crippen molar-refractivity contribution in [2.75, 3.05) is 18.6 Å². The molecule has 0 aliphatic heterocycles. The van der Waals surface area contributed by atoms with E-state index in [0.717, 1.165) is 44.7 Å². The molecule has 1 fully saturated rings. The van der Waals surface area contributed by atoms with Crippen molar-refractivity contribution < 1.29 is 17.9 Å². The molecule has 1 saturated carbocycles. The number of rotatable bonds is 9. The standard InChI is InChI=1S/C23H30F3N3O/c1-3-4-5-8-14-30-22-27-16-20(23(24,25)26)21(28-22)29(2)19-13-9-12-18(15-19)17-10-6-7-11-17/h9,12-13,15-17H,3-8,10-11,14H2,1-2H3. The molecule has 0 unspecified atom stereocenters. The molecule has 1 aliphatic carbocycles. The van der Waals surface area contributed by atoms with Gasteiger partial charge in [0.2, 0.25) is 0 Å². The molecule has 0 atom stereocenters. The Hall–Kier alpha value is -2.31. The number of hydrogen-bond acceptors (Lipinski definition) is 4. The van der Waals surface area contributed by atoms with Crippen molar-refractivity contribution in [1.82, 2.24) is 9.97 Å². The molecule has 0 N–H and O–H groups in total. The lowest BCUT2D eigenvalue weighted by Gasteiger charge is -2.23. The molecule has 30 heavy (non-hydrogen) atoms. The molecule has 2 aromatic rings. The van der Waals surface area contributed by atoms with Gasteiger partial charge < -0.3 is 9.64 Å². The molecule has 0 saturated heterocycles. The Bertz CT molecular complexity index is 820. The smallest absolute Gasteiger partial charge is 0.421 e. The van der Waals surface area contributed by atoms with E-state index >= 15 is 0 Å². The topological polar surface area (TPSA) is 38.2 Å². The third-order valence-electron chi connectivity index (χ3n) is 5.68. The summed E-state index contributed by atoms with van der Waals surface area (Å²) >= 11 is 0. The Morgan fingerprint density at radius 3 is 2.60 bits per heavy atom. The van der Waals surface area contributed by atoms with Gasteiger partial charge in [-0.05, 0) is 42.9 Å². The van der Waals surface area contributed by atoms with Crippen LogP contribution in [-0.2, 0) is 6.18 Å². The van der Waals surface area contributed by atoms with Crippen molar-refractivity contribution in [3.63, 3.8) is 0 Å². The number of nitrogens with zero attached hydrogens (tertiary/aromatic N) is 3. The van der Waals surface area contributed by atoms with E-state index in [4.69, 9.17) is 4.74 Å². The van der Waals surface area contributed by atoms with E-state index in [0.29, 0.717) is 18.2 Å². The summed E-state index contributed by atoms with van der Waals surface area (Å²) in [4.78, 5) is 9.41. The van der Waals surface area contributed by atoms with Crippen LogP contribution in [0.3, 0.4) is 0 Å². The SMILES string of the molecule is CCCCCCOc1ncc(C(F)(F)F)c(N(C)c2cccc(C3CCCC3)c2)n1. The molecule has 7 heteroatoms. The average Bonchev–Trinajstić information content (AvgIpc) is 3.27. The van der Waals surface area contributed by atoms with Gasteiger partial charge >= 0.3 is 12.2 Å². The van der Waals surface area contributed by atoms with Gasteiger partial charge in [0.1, 0.15) is 5.56 Å². The monoisotopic (exact) mass is 421 g/mol. The zero-order valence-corrected chi connectivity index (χ0v) is 17.7. The largest absolute Gasteiger partial charge is 0.463 e. The molecule has 1 aliphatic rings. The maximum absolute atomic E-state index is 13.6. The van der Waals surface area contributed by atoms with E-state index in [2.05, 4.69) is 23.0 Å². The number of unbranched alkanes of at least 4 members (excludes halogenated alkanes) is 3.